The maximum Gasteiger partial charge on any atom is 0.0319 e. The Morgan fingerprint density at radius 1 is 0.643 bits per heavy atom. The van der Waals surface area contributed by atoms with E-state index in [2.05, 4.69) is 48.5 Å². The monoisotopic (exact) mass is 190 g/mol. The van der Waals surface area contributed by atoms with Crippen molar-refractivity contribution < 1.29 is 5.11 Å². The van der Waals surface area contributed by atoms with Gasteiger partial charge in [0.2, 0.25) is 0 Å². The molecule has 0 radical (unpaired) electrons. The molecule has 1 heteroatoms. The second-order valence-corrected chi connectivity index (χ2v) is 2.35. The Hall–Kier alpha value is -1.34. The van der Waals surface area contributed by atoms with Gasteiger partial charge < -0.3 is 5.11 Å². The Morgan fingerprint density at radius 3 is 1.07 bits per heavy atom. The fourth-order valence-corrected chi connectivity index (χ4v) is 1.13. The van der Waals surface area contributed by atoms with E-state index in [1.807, 2.05) is 13.8 Å². The lowest BCUT2D eigenvalue weighted by Gasteiger charge is -1.92. The molecule has 0 atom stereocenters. The van der Waals surface area contributed by atoms with Crippen LogP contribution in [0, 0.1) is 0 Å². The highest BCUT2D eigenvalue weighted by Gasteiger charge is 1.85. The van der Waals surface area contributed by atoms with Crippen LogP contribution >= 0.6 is 0 Å². The van der Waals surface area contributed by atoms with Crippen molar-refractivity contribution in [3.05, 3.63) is 48.5 Å². The average Bonchev–Trinajstić information content (AvgIpc) is 2.34. The molecule has 0 spiro atoms. The highest BCUT2D eigenvalue weighted by atomic mass is 16.2. The third-order valence-electron chi connectivity index (χ3n) is 1.66. The van der Waals surface area contributed by atoms with Crippen LogP contribution in [0.5, 0.6) is 0 Å². The molecule has 0 amide bonds. The van der Waals surface area contributed by atoms with Crippen LogP contribution in [-0.4, -0.2) is 12.2 Å². The molecule has 2 rings (SSSR count). The highest BCUT2D eigenvalue weighted by Crippen LogP contribution is 2.11. The van der Waals surface area contributed by atoms with Gasteiger partial charge in [-0.1, -0.05) is 62.4 Å². The summed E-state index contributed by atoms with van der Waals surface area (Å²) in [6, 6.07) is 16.7. The average molecular weight is 190 g/mol. The number of hydrogen-bond acceptors (Lipinski definition) is 1. The lowest BCUT2D eigenvalue weighted by Crippen LogP contribution is -1.67. The van der Waals surface area contributed by atoms with E-state index in [1.54, 1.807) is 0 Å². The summed E-state index contributed by atoms with van der Waals surface area (Å²) in [5.41, 5.74) is 0. The fourth-order valence-electron chi connectivity index (χ4n) is 1.13. The molecule has 0 unspecified atom stereocenters. The van der Waals surface area contributed by atoms with Gasteiger partial charge >= 0.3 is 0 Å². The lowest BCUT2D eigenvalue weighted by molar-refractivity contribution is 0.399. The van der Waals surface area contributed by atoms with Gasteiger partial charge in [-0.15, -0.1) is 0 Å². The first-order valence-corrected chi connectivity index (χ1v) is 4.85. The predicted molar refractivity (Wildman–Crippen MR) is 63.4 cm³/mol. The van der Waals surface area contributed by atoms with Crippen molar-refractivity contribution in [2.45, 2.75) is 13.8 Å². The standard InChI is InChI=1S/C10H8.C2H6.CH4O/c1-2-6-10-8-4-3-7-9(10)5-1;2*1-2/h1-8H;1-2H3;2H,1H3. The van der Waals surface area contributed by atoms with E-state index in [4.69, 9.17) is 5.11 Å². The van der Waals surface area contributed by atoms with Crippen LogP contribution in [0.2, 0.25) is 0 Å². The summed E-state index contributed by atoms with van der Waals surface area (Å²) in [4.78, 5) is 0. The third kappa shape index (κ3) is 3.58. The molecule has 0 aliphatic heterocycles. The number of aliphatic hydroxyl groups excluding tert-OH is 1. The predicted octanol–water partition coefficient (Wildman–Crippen LogP) is 3.47. The largest absolute Gasteiger partial charge is 0.400 e. The molecule has 1 nitrogen and oxygen atoms in total. The van der Waals surface area contributed by atoms with Crippen molar-refractivity contribution in [3.63, 3.8) is 0 Å². The van der Waals surface area contributed by atoms with Gasteiger partial charge in [0.05, 0.1) is 0 Å². The highest BCUT2D eigenvalue weighted by molar-refractivity contribution is 5.81. The number of benzene rings is 2. The van der Waals surface area contributed by atoms with E-state index >= 15 is 0 Å². The zero-order valence-corrected chi connectivity index (χ0v) is 9.07. The molecule has 0 saturated heterocycles. The Kier molecular flexibility index (Phi) is 7.48. The van der Waals surface area contributed by atoms with Crippen LogP contribution in [0.25, 0.3) is 10.8 Å². The molecule has 0 aliphatic rings. The Bertz CT molecular complexity index is 276. The van der Waals surface area contributed by atoms with Gasteiger partial charge in [0.1, 0.15) is 0 Å². The molecule has 0 heterocycles. The first-order chi connectivity index (χ1) is 6.97. The van der Waals surface area contributed by atoms with Crippen molar-refractivity contribution in [2.24, 2.45) is 0 Å². The second kappa shape index (κ2) is 8.27. The zero-order chi connectivity index (χ0) is 10.8. The van der Waals surface area contributed by atoms with E-state index < -0.39 is 0 Å². The van der Waals surface area contributed by atoms with Crippen LogP contribution in [0.4, 0.5) is 0 Å². The summed E-state index contributed by atoms with van der Waals surface area (Å²) in [6.45, 7) is 4.00. The number of fused-ring (bicyclic) bond motifs is 1. The maximum absolute atomic E-state index is 7.00. The summed E-state index contributed by atoms with van der Waals surface area (Å²) < 4.78 is 0. The number of hydrogen-bond donors (Lipinski definition) is 1. The third-order valence-corrected chi connectivity index (χ3v) is 1.66. The van der Waals surface area contributed by atoms with E-state index in [1.165, 1.54) is 10.8 Å². The van der Waals surface area contributed by atoms with Crippen LogP contribution < -0.4 is 0 Å². The minimum Gasteiger partial charge on any atom is -0.400 e. The van der Waals surface area contributed by atoms with Gasteiger partial charge in [0.15, 0.2) is 0 Å². The number of aliphatic hydroxyl groups is 1. The van der Waals surface area contributed by atoms with E-state index in [9.17, 15) is 0 Å². The molecule has 14 heavy (non-hydrogen) atoms. The van der Waals surface area contributed by atoms with Crippen LogP contribution in [0.1, 0.15) is 13.8 Å². The SMILES string of the molecule is CC.CO.c1ccc2ccccc2c1. The molecule has 0 fully saturated rings. The van der Waals surface area contributed by atoms with Crippen molar-refractivity contribution in [1.29, 1.82) is 0 Å². The normalized spacial score (nSPS) is 8.00. The quantitative estimate of drug-likeness (QED) is 0.674. The van der Waals surface area contributed by atoms with E-state index in [-0.39, 0.29) is 0 Å². The second-order valence-electron chi connectivity index (χ2n) is 2.35. The molecule has 76 valence electrons. The first-order valence-electron chi connectivity index (χ1n) is 4.85. The van der Waals surface area contributed by atoms with Gasteiger partial charge in [-0.2, -0.15) is 0 Å². The van der Waals surface area contributed by atoms with Crippen LogP contribution in [0.3, 0.4) is 0 Å². The van der Waals surface area contributed by atoms with Crippen molar-refractivity contribution in [1.82, 2.24) is 0 Å². The van der Waals surface area contributed by atoms with Crippen molar-refractivity contribution >= 4 is 10.8 Å². The molecule has 0 aromatic heterocycles. The fraction of sp³-hybridized carbons (Fsp3) is 0.231. The lowest BCUT2D eigenvalue weighted by atomic mass is 10.1. The Morgan fingerprint density at radius 2 is 0.857 bits per heavy atom. The summed E-state index contributed by atoms with van der Waals surface area (Å²) in [7, 11) is 1.00. The molecule has 2 aromatic rings. The minimum atomic E-state index is 1.00. The van der Waals surface area contributed by atoms with E-state index in [0.29, 0.717) is 0 Å². The molecule has 1 N–H and O–H groups in total. The van der Waals surface area contributed by atoms with Crippen LogP contribution in [0.15, 0.2) is 48.5 Å². The molecule has 0 saturated carbocycles. The van der Waals surface area contributed by atoms with Crippen molar-refractivity contribution in [3.8, 4) is 0 Å². The Labute approximate surface area is 86.0 Å². The zero-order valence-electron chi connectivity index (χ0n) is 9.07. The summed E-state index contributed by atoms with van der Waals surface area (Å²) in [5, 5.41) is 9.62. The topological polar surface area (TPSA) is 20.2 Å². The summed E-state index contributed by atoms with van der Waals surface area (Å²) in [5.74, 6) is 0. The summed E-state index contributed by atoms with van der Waals surface area (Å²) in [6.07, 6.45) is 0. The van der Waals surface area contributed by atoms with Crippen LogP contribution in [-0.2, 0) is 0 Å². The van der Waals surface area contributed by atoms with Crippen molar-refractivity contribution in [2.75, 3.05) is 7.11 Å². The molecular formula is C13H18O. The van der Waals surface area contributed by atoms with Gasteiger partial charge in [-0.3, -0.25) is 0 Å². The smallest absolute Gasteiger partial charge is 0.0319 e. The van der Waals surface area contributed by atoms with E-state index in [0.717, 1.165) is 7.11 Å². The minimum absolute atomic E-state index is 1.00. The summed E-state index contributed by atoms with van der Waals surface area (Å²) >= 11 is 0. The molecule has 0 aliphatic carbocycles. The molecule has 0 bridgehead atoms. The van der Waals surface area contributed by atoms with Gasteiger partial charge in [0, 0.05) is 7.11 Å². The van der Waals surface area contributed by atoms with Gasteiger partial charge in [0.25, 0.3) is 0 Å². The Balaban J connectivity index is 0.000000379. The number of rotatable bonds is 0. The van der Waals surface area contributed by atoms with Gasteiger partial charge in [-0.25, -0.2) is 0 Å². The first kappa shape index (κ1) is 12.7. The maximum atomic E-state index is 7.00. The molecule has 2 aromatic carbocycles. The van der Waals surface area contributed by atoms with Gasteiger partial charge in [-0.05, 0) is 10.8 Å². The molecular weight excluding hydrogens is 172 g/mol.